The Hall–Kier alpha value is -1.06. The van der Waals surface area contributed by atoms with Crippen LogP contribution in [0.3, 0.4) is 0 Å². The fourth-order valence-corrected chi connectivity index (χ4v) is 2.55. The highest BCUT2D eigenvalue weighted by Crippen LogP contribution is 2.15. The van der Waals surface area contributed by atoms with Gasteiger partial charge in [-0.05, 0) is 49.9 Å². The maximum Gasteiger partial charge on any atom is 0.0506 e. The normalized spacial score (nSPS) is 20.2. The van der Waals surface area contributed by atoms with Crippen molar-refractivity contribution in [3.05, 3.63) is 29.8 Å². The van der Waals surface area contributed by atoms with Crippen molar-refractivity contribution in [3.63, 3.8) is 0 Å². The van der Waals surface area contributed by atoms with Crippen LogP contribution in [-0.4, -0.2) is 38.3 Å². The molecule has 0 saturated carbocycles. The maximum atomic E-state index is 5.78. The molecule has 1 aliphatic heterocycles. The lowest BCUT2D eigenvalue weighted by Crippen LogP contribution is -2.32. The van der Waals surface area contributed by atoms with Gasteiger partial charge in [0, 0.05) is 25.4 Å². The minimum absolute atomic E-state index is 0.713. The van der Waals surface area contributed by atoms with Gasteiger partial charge in [-0.2, -0.15) is 0 Å². The number of hydrogen-bond acceptors (Lipinski definition) is 3. The number of nitrogens with zero attached hydrogens (tertiary/aromatic N) is 1. The van der Waals surface area contributed by atoms with Gasteiger partial charge in [-0.1, -0.05) is 12.1 Å². The number of hydrogen-bond donors (Lipinski definition) is 1. The van der Waals surface area contributed by atoms with Crippen LogP contribution in [0.15, 0.2) is 24.3 Å². The molecule has 18 heavy (non-hydrogen) atoms. The standard InChI is InChI=1S/C15H24N2O/c1-17(11-14-5-3-9-18-12-14)8-7-13-4-2-6-15(16)10-13/h2,4,6,10,14H,3,5,7-9,11-12,16H2,1H3. The topological polar surface area (TPSA) is 38.5 Å². The third-order valence-electron chi connectivity index (χ3n) is 3.56. The molecule has 0 bridgehead atoms. The van der Waals surface area contributed by atoms with Gasteiger partial charge in [-0.25, -0.2) is 0 Å². The van der Waals surface area contributed by atoms with Crippen LogP contribution in [0.2, 0.25) is 0 Å². The van der Waals surface area contributed by atoms with Crippen LogP contribution in [0.1, 0.15) is 18.4 Å². The van der Waals surface area contributed by atoms with E-state index in [1.165, 1.54) is 18.4 Å². The van der Waals surface area contributed by atoms with E-state index in [1.54, 1.807) is 0 Å². The average Bonchev–Trinajstić information content (AvgIpc) is 2.38. The summed E-state index contributed by atoms with van der Waals surface area (Å²) in [6.07, 6.45) is 3.59. The van der Waals surface area contributed by atoms with E-state index in [9.17, 15) is 0 Å². The number of likely N-dealkylation sites (N-methyl/N-ethyl adjacent to an activating group) is 1. The fourth-order valence-electron chi connectivity index (χ4n) is 2.55. The third kappa shape index (κ3) is 4.31. The van der Waals surface area contributed by atoms with E-state index >= 15 is 0 Å². The Morgan fingerprint density at radius 3 is 3.06 bits per heavy atom. The Kier molecular flexibility index (Phi) is 5.02. The molecule has 0 aliphatic carbocycles. The molecule has 2 rings (SSSR count). The maximum absolute atomic E-state index is 5.78. The van der Waals surface area contributed by atoms with E-state index < -0.39 is 0 Å². The first-order chi connectivity index (χ1) is 8.74. The van der Waals surface area contributed by atoms with Crippen molar-refractivity contribution in [2.24, 2.45) is 5.92 Å². The molecule has 1 heterocycles. The molecule has 3 heteroatoms. The molecule has 1 saturated heterocycles. The summed E-state index contributed by atoms with van der Waals surface area (Å²) in [4.78, 5) is 2.41. The quantitative estimate of drug-likeness (QED) is 0.812. The molecular weight excluding hydrogens is 224 g/mol. The Balaban J connectivity index is 1.72. The number of ether oxygens (including phenoxy) is 1. The van der Waals surface area contributed by atoms with E-state index in [-0.39, 0.29) is 0 Å². The van der Waals surface area contributed by atoms with Crippen molar-refractivity contribution < 1.29 is 4.74 Å². The van der Waals surface area contributed by atoms with E-state index in [1.807, 2.05) is 12.1 Å². The molecule has 2 N–H and O–H groups in total. The lowest BCUT2D eigenvalue weighted by Gasteiger charge is -2.27. The van der Waals surface area contributed by atoms with Gasteiger partial charge in [0.2, 0.25) is 0 Å². The summed E-state index contributed by atoms with van der Waals surface area (Å²) in [5.41, 5.74) is 7.96. The fraction of sp³-hybridized carbons (Fsp3) is 0.600. The second-order valence-corrected chi connectivity index (χ2v) is 5.34. The molecule has 0 amide bonds. The predicted molar refractivity (Wildman–Crippen MR) is 75.6 cm³/mol. The van der Waals surface area contributed by atoms with E-state index in [2.05, 4.69) is 24.1 Å². The first kappa shape index (κ1) is 13.4. The second kappa shape index (κ2) is 6.76. The smallest absolute Gasteiger partial charge is 0.0506 e. The van der Waals surface area contributed by atoms with E-state index in [4.69, 9.17) is 10.5 Å². The lowest BCUT2D eigenvalue weighted by atomic mass is 10.0. The summed E-state index contributed by atoms with van der Waals surface area (Å²) < 4.78 is 5.52. The van der Waals surface area contributed by atoms with Gasteiger partial charge in [0.1, 0.15) is 0 Å². The zero-order valence-corrected chi connectivity index (χ0v) is 11.3. The van der Waals surface area contributed by atoms with Gasteiger partial charge in [0.15, 0.2) is 0 Å². The van der Waals surface area contributed by atoms with Crippen LogP contribution in [0.25, 0.3) is 0 Å². The van der Waals surface area contributed by atoms with Crippen LogP contribution >= 0.6 is 0 Å². The van der Waals surface area contributed by atoms with Crippen molar-refractivity contribution >= 4 is 5.69 Å². The largest absolute Gasteiger partial charge is 0.399 e. The first-order valence-electron chi connectivity index (χ1n) is 6.85. The molecule has 1 aromatic rings. The minimum atomic E-state index is 0.713. The molecule has 0 aromatic heterocycles. The van der Waals surface area contributed by atoms with E-state index in [0.717, 1.165) is 38.4 Å². The van der Waals surface area contributed by atoms with Gasteiger partial charge in [-0.3, -0.25) is 0 Å². The highest BCUT2D eigenvalue weighted by molar-refractivity contribution is 5.40. The Morgan fingerprint density at radius 2 is 2.33 bits per heavy atom. The SMILES string of the molecule is CN(CCc1cccc(N)c1)CC1CCCOC1. The molecule has 0 spiro atoms. The molecule has 1 unspecified atom stereocenters. The summed E-state index contributed by atoms with van der Waals surface area (Å²) >= 11 is 0. The summed E-state index contributed by atoms with van der Waals surface area (Å²) in [5.74, 6) is 0.713. The molecule has 1 atom stereocenters. The third-order valence-corrected chi connectivity index (χ3v) is 3.56. The highest BCUT2D eigenvalue weighted by atomic mass is 16.5. The molecule has 100 valence electrons. The van der Waals surface area contributed by atoms with Crippen molar-refractivity contribution in [1.29, 1.82) is 0 Å². The van der Waals surface area contributed by atoms with Gasteiger partial charge >= 0.3 is 0 Å². The average molecular weight is 248 g/mol. The minimum Gasteiger partial charge on any atom is -0.399 e. The highest BCUT2D eigenvalue weighted by Gasteiger charge is 2.15. The molecule has 1 aliphatic rings. The molecule has 0 radical (unpaired) electrons. The van der Waals surface area contributed by atoms with Crippen LogP contribution in [0.5, 0.6) is 0 Å². The van der Waals surface area contributed by atoms with Crippen molar-refractivity contribution in [1.82, 2.24) is 4.90 Å². The summed E-state index contributed by atoms with van der Waals surface area (Å²) in [5, 5.41) is 0. The predicted octanol–water partition coefficient (Wildman–Crippen LogP) is 2.17. The Morgan fingerprint density at radius 1 is 1.44 bits per heavy atom. The zero-order valence-electron chi connectivity index (χ0n) is 11.3. The van der Waals surface area contributed by atoms with Crippen LogP contribution in [0.4, 0.5) is 5.69 Å². The zero-order chi connectivity index (χ0) is 12.8. The van der Waals surface area contributed by atoms with Crippen LogP contribution < -0.4 is 5.73 Å². The van der Waals surface area contributed by atoms with Gasteiger partial charge in [0.05, 0.1) is 6.61 Å². The number of rotatable bonds is 5. The number of anilines is 1. The molecule has 1 aromatic carbocycles. The molecule has 1 fully saturated rings. The molecule has 3 nitrogen and oxygen atoms in total. The van der Waals surface area contributed by atoms with E-state index in [0.29, 0.717) is 5.92 Å². The summed E-state index contributed by atoms with van der Waals surface area (Å²) in [7, 11) is 2.20. The first-order valence-corrected chi connectivity index (χ1v) is 6.85. The van der Waals surface area contributed by atoms with Gasteiger partial charge < -0.3 is 15.4 Å². The monoisotopic (exact) mass is 248 g/mol. The van der Waals surface area contributed by atoms with Crippen molar-refractivity contribution in [2.75, 3.05) is 39.1 Å². The second-order valence-electron chi connectivity index (χ2n) is 5.34. The van der Waals surface area contributed by atoms with Crippen LogP contribution in [0, 0.1) is 5.92 Å². The summed E-state index contributed by atoms with van der Waals surface area (Å²) in [6.45, 7) is 4.11. The summed E-state index contributed by atoms with van der Waals surface area (Å²) in [6, 6.07) is 8.18. The number of benzene rings is 1. The molecular formula is C15H24N2O. The van der Waals surface area contributed by atoms with Gasteiger partial charge in [0.25, 0.3) is 0 Å². The van der Waals surface area contributed by atoms with Gasteiger partial charge in [-0.15, -0.1) is 0 Å². The van der Waals surface area contributed by atoms with Crippen molar-refractivity contribution in [2.45, 2.75) is 19.3 Å². The number of nitrogen functional groups attached to an aromatic ring is 1. The Bertz CT molecular complexity index is 361. The van der Waals surface area contributed by atoms with Crippen molar-refractivity contribution in [3.8, 4) is 0 Å². The van der Waals surface area contributed by atoms with Crippen LogP contribution in [-0.2, 0) is 11.2 Å². The lowest BCUT2D eigenvalue weighted by molar-refractivity contribution is 0.0422. The number of nitrogens with two attached hydrogens (primary N) is 1. The Labute approximate surface area is 110 Å².